The number of halogens is 1. The Kier molecular flexibility index (Phi) is 8.61. The molecular formula is C31H41FN6O4. The van der Waals surface area contributed by atoms with Gasteiger partial charge in [-0.2, -0.15) is 0 Å². The second-order valence-electron chi connectivity index (χ2n) is 11.7. The number of hydrogen-bond donors (Lipinski definition) is 1. The van der Waals surface area contributed by atoms with Gasteiger partial charge in [-0.15, -0.1) is 0 Å². The van der Waals surface area contributed by atoms with Crippen LogP contribution < -0.4 is 5.32 Å². The Morgan fingerprint density at radius 2 is 1.74 bits per heavy atom. The van der Waals surface area contributed by atoms with E-state index >= 15 is 0 Å². The van der Waals surface area contributed by atoms with Crippen molar-refractivity contribution in [3.05, 3.63) is 58.6 Å². The summed E-state index contributed by atoms with van der Waals surface area (Å²) in [4.78, 5) is 62.5. The number of benzene rings is 1. The summed E-state index contributed by atoms with van der Waals surface area (Å²) in [5.41, 5.74) is 1.94. The van der Waals surface area contributed by atoms with Crippen molar-refractivity contribution in [1.82, 2.24) is 29.6 Å². The summed E-state index contributed by atoms with van der Waals surface area (Å²) >= 11 is 0. The zero-order chi connectivity index (χ0) is 31.1. The molecule has 2 fully saturated rings. The zero-order valence-corrected chi connectivity index (χ0v) is 25.7. The standard InChI is InChI=1S/C31H41FN6O4/c1-9-23-10-11-25(32)24(16-23)27(39)34-26(18(2)3)28(40)36-14-12-31(13-15-36)29(41)35(8)30(42)38(31)21(6)20(5)37-19(4)17-33-22(37)7/h10-11,16-18,26H,9,12-15H2,1-8H3,(H,34,39). The molecule has 1 N–H and O–H groups in total. The lowest BCUT2D eigenvalue weighted by Gasteiger charge is -2.43. The molecule has 42 heavy (non-hydrogen) atoms. The van der Waals surface area contributed by atoms with Crippen LogP contribution in [0.3, 0.4) is 0 Å². The third kappa shape index (κ3) is 5.20. The number of likely N-dealkylation sites (N-methyl/N-ethyl adjacent to an activating group) is 1. The van der Waals surface area contributed by atoms with Gasteiger partial charge >= 0.3 is 6.03 Å². The maximum Gasteiger partial charge on any atom is 0.331 e. The fourth-order valence-electron chi connectivity index (χ4n) is 6.11. The summed E-state index contributed by atoms with van der Waals surface area (Å²) < 4.78 is 16.4. The summed E-state index contributed by atoms with van der Waals surface area (Å²) in [5, 5.41) is 2.75. The van der Waals surface area contributed by atoms with E-state index in [4.69, 9.17) is 0 Å². The number of amides is 5. The van der Waals surface area contributed by atoms with E-state index in [9.17, 15) is 23.6 Å². The summed E-state index contributed by atoms with van der Waals surface area (Å²) in [6, 6.07) is 3.12. The minimum Gasteiger partial charge on any atom is -0.341 e. The number of carbonyl (C=O) groups is 4. The van der Waals surface area contributed by atoms with E-state index < -0.39 is 29.3 Å². The number of piperidine rings is 1. The first-order valence-corrected chi connectivity index (χ1v) is 14.4. The van der Waals surface area contributed by atoms with Crippen LogP contribution in [0.4, 0.5) is 9.18 Å². The van der Waals surface area contributed by atoms with Crippen LogP contribution >= 0.6 is 0 Å². The number of allylic oxidation sites excluding steroid dienone is 2. The highest BCUT2D eigenvalue weighted by atomic mass is 19.1. The fraction of sp³-hybridized carbons (Fsp3) is 0.516. The van der Waals surface area contributed by atoms with Gasteiger partial charge in [-0.1, -0.05) is 26.8 Å². The zero-order valence-electron chi connectivity index (χ0n) is 25.7. The molecule has 4 rings (SSSR count). The average Bonchev–Trinajstić information content (AvgIpc) is 3.39. The van der Waals surface area contributed by atoms with Gasteiger partial charge in [0.2, 0.25) is 5.91 Å². The van der Waals surface area contributed by atoms with Crippen LogP contribution in [0.15, 0.2) is 30.1 Å². The number of urea groups is 1. The molecule has 1 aromatic carbocycles. The largest absolute Gasteiger partial charge is 0.341 e. The van der Waals surface area contributed by atoms with Crippen molar-refractivity contribution < 1.29 is 23.6 Å². The molecule has 1 aromatic heterocycles. The Balaban J connectivity index is 1.57. The van der Waals surface area contributed by atoms with E-state index in [0.29, 0.717) is 12.1 Å². The summed E-state index contributed by atoms with van der Waals surface area (Å²) in [7, 11) is 1.48. The highest BCUT2D eigenvalue weighted by molar-refractivity contribution is 6.08. The number of likely N-dealkylation sites (tertiary alicyclic amines) is 1. The minimum absolute atomic E-state index is 0.0971. The minimum atomic E-state index is -1.13. The van der Waals surface area contributed by atoms with Crippen molar-refractivity contribution in [2.24, 2.45) is 5.92 Å². The van der Waals surface area contributed by atoms with Crippen LogP contribution in [-0.2, 0) is 16.0 Å². The van der Waals surface area contributed by atoms with Gasteiger partial charge < -0.3 is 14.8 Å². The monoisotopic (exact) mass is 580 g/mol. The van der Waals surface area contributed by atoms with Crippen molar-refractivity contribution in [3.8, 4) is 0 Å². The third-order valence-corrected chi connectivity index (χ3v) is 8.72. The molecule has 2 saturated heterocycles. The molecule has 5 amide bonds. The lowest BCUT2D eigenvalue weighted by Crippen LogP contribution is -2.59. The van der Waals surface area contributed by atoms with Gasteiger partial charge in [0.1, 0.15) is 23.2 Å². The Labute approximate surface area is 246 Å². The Bertz CT molecular complexity index is 1430. The second kappa shape index (κ2) is 11.7. The van der Waals surface area contributed by atoms with Crippen LogP contribution in [-0.4, -0.2) is 79.7 Å². The molecule has 1 spiro atoms. The topological polar surface area (TPSA) is 108 Å². The van der Waals surface area contributed by atoms with Crippen LogP contribution in [0, 0.1) is 25.6 Å². The van der Waals surface area contributed by atoms with Crippen molar-refractivity contribution in [2.75, 3.05) is 20.1 Å². The summed E-state index contributed by atoms with van der Waals surface area (Å²) in [5.74, 6) is -1.38. The number of nitrogens with one attached hydrogen (secondary N) is 1. The lowest BCUT2D eigenvalue weighted by atomic mass is 9.85. The third-order valence-electron chi connectivity index (χ3n) is 8.72. The van der Waals surface area contributed by atoms with Gasteiger partial charge in [-0.25, -0.2) is 14.2 Å². The molecule has 0 saturated carbocycles. The van der Waals surface area contributed by atoms with Gasteiger partial charge in [-0.3, -0.25) is 24.2 Å². The summed E-state index contributed by atoms with van der Waals surface area (Å²) in [6.07, 6.45) is 2.89. The van der Waals surface area contributed by atoms with Gasteiger partial charge in [0.05, 0.1) is 5.56 Å². The molecule has 226 valence electrons. The molecule has 2 aliphatic heterocycles. The highest BCUT2D eigenvalue weighted by Crippen LogP contribution is 2.40. The molecule has 3 heterocycles. The molecular weight excluding hydrogens is 539 g/mol. The molecule has 11 heteroatoms. The molecule has 0 bridgehead atoms. The Morgan fingerprint density at radius 1 is 1.10 bits per heavy atom. The van der Waals surface area contributed by atoms with Crippen molar-refractivity contribution >= 4 is 29.4 Å². The van der Waals surface area contributed by atoms with E-state index in [-0.39, 0.29) is 49.2 Å². The van der Waals surface area contributed by atoms with Crippen molar-refractivity contribution in [3.63, 3.8) is 0 Å². The van der Waals surface area contributed by atoms with E-state index in [0.717, 1.165) is 27.7 Å². The predicted octanol–water partition coefficient (Wildman–Crippen LogP) is 4.12. The van der Waals surface area contributed by atoms with Crippen molar-refractivity contribution in [1.29, 1.82) is 0 Å². The van der Waals surface area contributed by atoms with Crippen molar-refractivity contribution in [2.45, 2.75) is 79.3 Å². The second-order valence-corrected chi connectivity index (χ2v) is 11.7. The Hall–Kier alpha value is -4.02. The van der Waals surface area contributed by atoms with Crippen LogP contribution in [0.2, 0.25) is 0 Å². The molecule has 1 atom stereocenters. The lowest BCUT2D eigenvalue weighted by molar-refractivity contribution is -0.141. The van der Waals surface area contributed by atoms with Gasteiger partial charge in [-0.05, 0) is 70.6 Å². The normalized spacial score (nSPS) is 18.2. The van der Waals surface area contributed by atoms with Gasteiger partial charge in [0.15, 0.2) is 0 Å². The quantitative estimate of drug-likeness (QED) is 0.496. The molecule has 10 nitrogen and oxygen atoms in total. The number of imidazole rings is 1. The number of hydrogen-bond acceptors (Lipinski definition) is 5. The average molecular weight is 581 g/mol. The van der Waals surface area contributed by atoms with E-state index in [2.05, 4.69) is 10.3 Å². The van der Waals surface area contributed by atoms with E-state index in [1.807, 2.05) is 53.0 Å². The van der Waals surface area contributed by atoms with Crippen LogP contribution in [0.1, 0.15) is 74.9 Å². The SMILES string of the molecule is CCc1ccc(F)c(C(=O)NC(C(=O)N2CCC3(CC2)C(=O)N(C)C(=O)N3C(C)=C(C)n2c(C)cnc2C)C(C)C)c1. The first-order chi connectivity index (χ1) is 19.7. The maximum atomic E-state index is 14.5. The maximum absolute atomic E-state index is 14.5. The molecule has 0 radical (unpaired) electrons. The van der Waals surface area contributed by atoms with Gasteiger partial charge in [0.25, 0.3) is 11.8 Å². The number of carbonyl (C=O) groups excluding carboxylic acids is 4. The first kappa shape index (κ1) is 30.9. The molecule has 2 aromatic rings. The molecule has 1 unspecified atom stereocenters. The first-order valence-electron chi connectivity index (χ1n) is 14.4. The van der Waals surface area contributed by atoms with E-state index in [1.165, 1.54) is 19.2 Å². The van der Waals surface area contributed by atoms with Crippen LogP contribution in [0.25, 0.3) is 5.70 Å². The summed E-state index contributed by atoms with van der Waals surface area (Å²) in [6.45, 7) is 13.5. The Morgan fingerprint density at radius 3 is 2.29 bits per heavy atom. The predicted molar refractivity (Wildman–Crippen MR) is 157 cm³/mol. The number of nitrogens with zero attached hydrogens (tertiary/aromatic N) is 5. The van der Waals surface area contributed by atoms with Crippen LogP contribution in [0.5, 0.6) is 0 Å². The molecule has 0 aliphatic carbocycles. The number of rotatable bonds is 7. The van der Waals surface area contributed by atoms with Gasteiger partial charge in [0, 0.05) is 43.4 Å². The number of aryl methyl sites for hydroxylation is 3. The fourth-order valence-corrected chi connectivity index (χ4v) is 6.11. The highest BCUT2D eigenvalue weighted by Gasteiger charge is 2.58. The van der Waals surface area contributed by atoms with E-state index in [1.54, 1.807) is 22.1 Å². The smallest absolute Gasteiger partial charge is 0.331 e. The number of imide groups is 1. The number of aromatic nitrogens is 2. The molecule has 2 aliphatic rings.